The maximum atomic E-state index is 12.2. The third-order valence-electron chi connectivity index (χ3n) is 4.15. The van der Waals surface area contributed by atoms with Gasteiger partial charge in [-0.1, -0.05) is 6.07 Å². The molecule has 7 heteroatoms. The van der Waals surface area contributed by atoms with Gasteiger partial charge in [0.15, 0.2) is 5.96 Å². The van der Waals surface area contributed by atoms with E-state index in [1.807, 2.05) is 13.0 Å². The fourth-order valence-electron chi connectivity index (χ4n) is 2.46. The van der Waals surface area contributed by atoms with E-state index in [9.17, 15) is 4.79 Å². The topological polar surface area (TPSA) is 84.0 Å². The first kappa shape index (κ1) is 21.0. The van der Waals surface area contributed by atoms with Crippen LogP contribution in [0.3, 0.4) is 0 Å². The van der Waals surface area contributed by atoms with Gasteiger partial charge in [0.05, 0.1) is 7.11 Å². The monoisotopic (exact) mass is 376 g/mol. The molecule has 2 rings (SSSR count). The van der Waals surface area contributed by atoms with Crippen LogP contribution < -0.4 is 20.7 Å². The Balaban J connectivity index is 1.62. The highest BCUT2D eigenvalue weighted by molar-refractivity contribution is 5.94. The molecule has 0 unspecified atom stereocenters. The van der Waals surface area contributed by atoms with Crippen molar-refractivity contribution in [2.75, 3.05) is 46.5 Å². The third-order valence-corrected chi connectivity index (χ3v) is 4.15. The Bertz CT molecular complexity index is 603. The summed E-state index contributed by atoms with van der Waals surface area (Å²) >= 11 is 0. The van der Waals surface area contributed by atoms with E-state index in [-0.39, 0.29) is 5.91 Å². The average Bonchev–Trinajstić information content (AvgIpc) is 3.52. The summed E-state index contributed by atoms with van der Waals surface area (Å²) < 4.78 is 10.8. The Hall–Kier alpha value is -2.28. The third kappa shape index (κ3) is 8.77. The Morgan fingerprint density at radius 3 is 2.78 bits per heavy atom. The Morgan fingerprint density at radius 1 is 1.22 bits per heavy atom. The number of guanidine groups is 1. The molecule has 1 aromatic rings. The molecule has 7 nitrogen and oxygen atoms in total. The lowest BCUT2D eigenvalue weighted by Gasteiger charge is -2.12. The van der Waals surface area contributed by atoms with Crippen molar-refractivity contribution in [3.63, 3.8) is 0 Å². The van der Waals surface area contributed by atoms with Crippen LogP contribution in [0.2, 0.25) is 0 Å². The number of nitrogens with one attached hydrogen (secondary N) is 3. The molecule has 27 heavy (non-hydrogen) atoms. The lowest BCUT2D eigenvalue weighted by molar-refractivity contribution is 0.0954. The predicted octanol–water partition coefficient (Wildman–Crippen LogP) is 1.80. The molecule has 0 heterocycles. The van der Waals surface area contributed by atoms with Crippen LogP contribution >= 0.6 is 0 Å². The van der Waals surface area contributed by atoms with Gasteiger partial charge in [0.1, 0.15) is 5.75 Å². The number of hydrogen-bond acceptors (Lipinski definition) is 4. The van der Waals surface area contributed by atoms with E-state index in [1.54, 1.807) is 25.3 Å². The molecule has 0 atom stereocenters. The second-order valence-corrected chi connectivity index (χ2v) is 6.55. The van der Waals surface area contributed by atoms with Crippen LogP contribution in [0.4, 0.5) is 0 Å². The first-order valence-corrected chi connectivity index (χ1v) is 9.75. The standard InChI is InChI=1S/C20H32N4O3/c1-3-21-20(23-10-5-13-27-15-16-8-9-16)24-12-11-22-19(25)17-6-4-7-18(14-17)26-2/h4,6-7,14,16H,3,5,8-13,15H2,1-2H3,(H,22,25)(H2,21,23,24). The molecule has 0 radical (unpaired) electrons. The van der Waals surface area contributed by atoms with Gasteiger partial charge in [-0.15, -0.1) is 0 Å². The Kier molecular flexibility index (Phi) is 9.48. The lowest BCUT2D eigenvalue weighted by Crippen LogP contribution is -2.41. The van der Waals surface area contributed by atoms with Crippen molar-refractivity contribution >= 4 is 11.9 Å². The Morgan fingerprint density at radius 2 is 2.04 bits per heavy atom. The molecule has 1 aromatic carbocycles. The fraction of sp³-hybridized carbons (Fsp3) is 0.600. The van der Waals surface area contributed by atoms with E-state index in [4.69, 9.17) is 9.47 Å². The van der Waals surface area contributed by atoms with Crippen LogP contribution in [0, 0.1) is 5.92 Å². The molecule has 0 saturated heterocycles. The zero-order valence-corrected chi connectivity index (χ0v) is 16.4. The Labute approximate surface area is 161 Å². The number of nitrogens with zero attached hydrogens (tertiary/aromatic N) is 1. The first-order chi connectivity index (χ1) is 13.2. The number of aliphatic imine (C=N–C) groups is 1. The quantitative estimate of drug-likeness (QED) is 0.294. The molecule has 150 valence electrons. The van der Waals surface area contributed by atoms with Gasteiger partial charge < -0.3 is 25.4 Å². The zero-order chi connectivity index (χ0) is 19.3. The van der Waals surface area contributed by atoms with E-state index in [0.29, 0.717) is 24.4 Å². The maximum Gasteiger partial charge on any atom is 0.251 e. The van der Waals surface area contributed by atoms with Gasteiger partial charge in [-0.05, 0) is 50.3 Å². The number of methoxy groups -OCH3 is 1. The van der Waals surface area contributed by atoms with Crippen molar-refractivity contribution in [3.8, 4) is 5.75 Å². The summed E-state index contributed by atoms with van der Waals surface area (Å²) in [4.78, 5) is 16.7. The maximum absolute atomic E-state index is 12.2. The molecule has 1 fully saturated rings. The summed E-state index contributed by atoms with van der Waals surface area (Å²) in [5, 5.41) is 9.32. The summed E-state index contributed by atoms with van der Waals surface area (Å²) in [5.74, 6) is 2.11. The SMILES string of the molecule is CCNC(=NCCCOCC1CC1)NCCNC(=O)c1cccc(OC)c1. The fourth-order valence-corrected chi connectivity index (χ4v) is 2.46. The highest BCUT2D eigenvalue weighted by Gasteiger charge is 2.20. The summed E-state index contributed by atoms with van der Waals surface area (Å²) in [6, 6.07) is 7.10. The van der Waals surface area contributed by atoms with E-state index in [2.05, 4.69) is 20.9 Å². The largest absolute Gasteiger partial charge is 0.497 e. The molecule has 0 bridgehead atoms. The van der Waals surface area contributed by atoms with E-state index in [1.165, 1.54) is 12.8 Å². The number of amides is 1. The molecule has 3 N–H and O–H groups in total. The summed E-state index contributed by atoms with van der Waals surface area (Å²) in [7, 11) is 1.59. The molecular weight excluding hydrogens is 344 g/mol. The average molecular weight is 377 g/mol. The van der Waals surface area contributed by atoms with Crippen molar-refractivity contribution in [1.29, 1.82) is 0 Å². The molecule has 0 aromatic heterocycles. The highest BCUT2D eigenvalue weighted by atomic mass is 16.5. The number of carbonyl (C=O) groups is 1. The van der Waals surface area contributed by atoms with Gasteiger partial charge in [0.2, 0.25) is 0 Å². The molecular formula is C20H32N4O3. The number of ether oxygens (including phenoxy) is 2. The van der Waals surface area contributed by atoms with Gasteiger partial charge >= 0.3 is 0 Å². The predicted molar refractivity (Wildman–Crippen MR) is 107 cm³/mol. The van der Waals surface area contributed by atoms with Crippen molar-refractivity contribution in [3.05, 3.63) is 29.8 Å². The van der Waals surface area contributed by atoms with Crippen molar-refractivity contribution in [2.24, 2.45) is 10.9 Å². The number of carbonyl (C=O) groups excluding carboxylic acids is 1. The number of rotatable bonds is 12. The van der Waals surface area contributed by atoms with Crippen LogP contribution in [0.1, 0.15) is 36.5 Å². The van der Waals surface area contributed by atoms with E-state index >= 15 is 0 Å². The summed E-state index contributed by atoms with van der Waals surface area (Å²) in [6.45, 7) is 6.30. The van der Waals surface area contributed by atoms with Crippen LogP contribution in [0.15, 0.2) is 29.3 Å². The molecule has 1 aliphatic rings. The van der Waals surface area contributed by atoms with Crippen LogP contribution in [-0.2, 0) is 4.74 Å². The smallest absolute Gasteiger partial charge is 0.251 e. The minimum atomic E-state index is -0.120. The summed E-state index contributed by atoms with van der Waals surface area (Å²) in [5.41, 5.74) is 0.584. The van der Waals surface area contributed by atoms with Gasteiger partial charge in [-0.3, -0.25) is 9.79 Å². The van der Waals surface area contributed by atoms with Gasteiger partial charge in [-0.25, -0.2) is 0 Å². The molecule has 0 spiro atoms. The van der Waals surface area contributed by atoms with Crippen LogP contribution in [-0.4, -0.2) is 58.4 Å². The normalized spacial score (nSPS) is 13.9. The molecule has 0 aliphatic heterocycles. The lowest BCUT2D eigenvalue weighted by atomic mass is 10.2. The van der Waals surface area contributed by atoms with E-state index < -0.39 is 0 Å². The molecule has 1 amide bonds. The van der Waals surface area contributed by atoms with Crippen LogP contribution in [0.25, 0.3) is 0 Å². The molecule has 1 aliphatic carbocycles. The minimum Gasteiger partial charge on any atom is -0.497 e. The second kappa shape index (κ2) is 12.2. The van der Waals surface area contributed by atoms with Crippen molar-refractivity contribution in [2.45, 2.75) is 26.2 Å². The minimum absolute atomic E-state index is 0.120. The van der Waals surface area contributed by atoms with Gasteiger partial charge in [0, 0.05) is 45.0 Å². The zero-order valence-electron chi connectivity index (χ0n) is 16.4. The second-order valence-electron chi connectivity index (χ2n) is 6.55. The van der Waals surface area contributed by atoms with Crippen molar-refractivity contribution < 1.29 is 14.3 Å². The molecule has 1 saturated carbocycles. The van der Waals surface area contributed by atoms with Crippen molar-refractivity contribution in [1.82, 2.24) is 16.0 Å². The summed E-state index contributed by atoms with van der Waals surface area (Å²) in [6.07, 6.45) is 3.55. The van der Waals surface area contributed by atoms with E-state index in [0.717, 1.165) is 44.6 Å². The first-order valence-electron chi connectivity index (χ1n) is 9.75. The number of benzene rings is 1. The number of hydrogen-bond donors (Lipinski definition) is 3. The van der Waals surface area contributed by atoms with Gasteiger partial charge in [-0.2, -0.15) is 0 Å². The van der Waals surface area contributed by atoms with Gasteiger partial charge in [0.25, 0.3) is 5.91 Å². The highest BCUT2D eigenvalue weighted by Crippen LogP contribution is 2.28. The van der Waals surface area contributed by atoms with Crippen LogP contribution in [0.5, 0.6) is 5.75 Å².